The van der Waals surface area contributed by atoms with Crippen LogP contribution in [0.15, 0.2) is 30.3 Å². The Kier molecular flexibility index (Phi) is 7.46. The van der Waals surface area contributed by atoms with Gasteiger partial charge in [0.15, 0.2) is 0 Å². The number of benzene rings is 1. The molecule has 0 aliphatic heterocycles. The Morgan fingerprint density at radius 2 is 1.67 bits per heavy atom. The summed E-state index contributed by atoms with van der Waals surface area (Å²) in [6, 6.07) is 9.28. The Morgan fingerprint density at radius 1 is 1.08 bits per heavy atom. The highest BCUT2D eigenvalue weighted by atomic mass is 16.6. The average Bonchev–Trinajstić information content (AvgIpc) is 2.45. The van der Waals surface area contributed by atoms with E-state index in [-0.39, 0.29) is 23.7 Å². The van der Waals surface area contributed by atoms with Crippen molar-refractivity contribution in [2.75, 3.05) is 0 Å². The van der Waals surface area contributed by atoms with Gasteiger partial charge in [-0.25, -0.2) is 4.79 Å². The van der Waals surface area contributed by atoms with E-state index in [0.717, 1.165) is 5.56 Å². The first-order valence-electron chi connectivity index (χ1n) is 8.65. The maximum absolute atomic E-state index is 12.5. The van der Waals surface area contributed by atoms with E-state index in [1.807, 2.05) is 71.9 Å². The Labute approximate surface area is 146 Å². The van der Waals surface area contributed by atoms with Crippen molar-refractivity contribution in [2.45, 2.75) is 66.0 Å². The van der Waals surface area contributed by atoms with Gasteiger partial charge in [-0.15, -0.1) is 0 Å². The van der Waals surface area contributed by atoms with E-state index < -0.39 is 11.6 Å². The molecular weight excluding hydrogens is 302 g/mol. The van der Waals surface area contributed by atoms with Gasteiger partial charge in [-0.2, -0.15) is 0 Å². The molecule has 4 heteroatoms. The van der Waals surface area contributed by atoms with Crippen LogP contribution in [-0.2, 0) is 20.7 Å². The molecule has 0 radical (unpaired) electrons. The number of ether oxygens (including phenoxy) is 1. The number of amides is 1. The van der Waals surface area contributed by atoms with Crippen LogP contribution in [0.5, 0.6) is 0 Å². The van der Waals surface area contributed by atoms with E-state index >= 15 is 0 Å². The van der Waals surface area contributed by atoms with Crippen molar-refractivity contribution in [3.8, 4) is 0 Å². The number of hydrogen-bond acceptors (Lipinski definition) is 3. The minimum absolute atomic E-state index is 0.115. The van der Waals surface area contributed by atoms with Gasteiger partial charge in [0.25, 0.3) is 0 Å². The lowest BCUT2D eigenvalue weighted by Crippen LogP contribution is -2.46. The fraction of sp³-hybridized carbons (Fsp3) is 0.600. The zero-order valence-corrected chi connectivity index (χ0v) is 15.8. The van der Waals surface area contributed by atoms with Gasteiger partial charge in [-0.1, -0.05) is 51.1 Å². The Morgan fingerprint density at radius 3 is 2.17 bits per heavy atom. The average molecular weight is 333 g/mol. The fourth-order valence-electron chi connectivity index (χ4n) is 2.43. The summed E-state index contributed by atoms with van der Waals surface area (Å²) in [5.74, 6) is -0.399. The summed E-state index contributed by atoms with van der Waals surface area (Å²) in [6.07, 6.45) is 1.22. The minimum atomic E-state index is -0.602. The van der Waals surface area contributed by atoms with Crippen molar-refractivity contribution in [2.24, 2.45) is 11.8 Å². The molecule has 1 aromatic rings. The SMILES string of the molecule is CC(C)C[C@H](NC(=O)C(C)Cc1ccccc1)C(=O)OC(C)(C)C. The summed E-state index contributed by atoms with van der Waals surface area (Å²) in [5.41, 5.74) is 0.546. The highest BCUT2D eigenvalue weighted by Crippen LogP contribution is 2.14. The van der Waals surface area contributed by atoms with Gasteiger partial charge in [0, 0.05) is 5.92 Å². The fourth-order valence-corrected chi connectivity index (χ4v) is 2.43. The zero-order chi connectivity index (χ0) is 18.3. The molecule has 1 rings (SSSR count). The van der Waals surface area contributed by atoms with Crippen molar-refractivity contribution in [1.29, 1.82) is 0 Å². The molecule has 1 unspecified atom stereocenters. The molecule has 0 fully saturated rings. The first kappa shape index (κ1) is 20.2. The van der Waals surface area contributed by atoms with Crippen molar-refractivity contribution in [3.05, 3.63) is 35.9 Å². The van der Waals surface area contributed by atoms with Crippen LogP contribution < -0.4 is 5.32 Å². The quantitative estimate of drug-likeness (QED) is 0.773. The molecule has 24 heavy (non-hydrogen) atoms. The number of hydrogen-bond donors (Lipinski definition) is 1. The summed E-state index contributed by atoms with van der Waals surface area (Å²) in [5, 5.41) is 2.88. The second-order valence-corrected chi connectivity index (χ2v) is 7.81. The van der Waals surface area contributed by atoms with Crippen LogP contribution in [0.1, 0.15) is 53.5 Å². The van der Waals surface area contributed by atoms with E-state index in [0.29, 0.717) is 12.8 Å². The third-order valence-corrected chi connectivity index (χ3v) is 3.55. The highest BCUT2D eigenvalue weighted by Gasteiger charge is 2.28. The summed E-state index contributed by atoms with van der Waals surface area (Å²) >= 11 is 0. The smallest absolute Gasteiger partial charge is 0.329 e. The molecule has 0 aliphatic carbocycles. The van der Waals surface area contributed by atoms with E-state index in [9.17, 15) is 9.59 Å². The minimum Gasteiger partial charge on any atom is -0.458 e. The van der Waals surface area contributed by atoms with Gasteiger partial charge in [0.2, 0.25) is 5.91 Å². The number of carbonyl (C=O) groups excluding carboxylic acids is 2. The number of esters is 1. The Bertz CT molecular complexity index is 532. The molecule has 0 heterocycles. The number of nitrogens with one attached hydrogen (secondary N) is 1. The van der Waals surface area contributed by atoms with Crippen LogP contribution in [0.2, 0.25) is 0 Å². The van der Waals surface area contributed by atoms with E-state index in [2.05, 4.69) is 5.32 Å². The van der Waals surface area contributed by atoms with Gasteiger partial charge in [0.1, 0.15) is 11.6 Å². The monoisotopic (exact) mass is 333 g/mol. The van der Waals surface area contributed by atoms with Crippen molar-refractivity contribution < 1.29 is 14.3 Å². The lowest BCUT2D eigenvalue weighted by molar-refractivity contribution is -0.159. The first-order valence-corrected chi connectivity index (χ1v) is 8.65. The van der Waals surface area contributed by atoms with Crippen LogP contribution in [0.3, 0.4) is 0 Å². The Balaban J connectivity index is 2.70. The summed E-state index contributed by atoms with van der Waals surface area (Å²) in [7, 11) is 0. The molecule has 0 bridgehead atoms. The predicted octanol–water partition coefficient (Wildman–Crippen LogP) is 3.74. The molecular formula is C20H31NO3. The van der Waals surface area contributed by atoms with Crippen molar-refractivity contribution in [1.82, 2.24) is 5.32 Å². The molecule has 0 spiro atoms. The van der Waals surface area contributed by atoms with Gasteiger partial charge in [-0.05, 0) is 45.1 Å². The summed E-state index contributed by atoms with van der Waals surface area (Å²) in [4.78, 5) is 24.9. The van der Waals surface area contributed by atoms with Gasteiger partial charge < -0.3 is 10.1 Å². The van der Waals surface area contributed by atoms with Crippen LogP contribution in [-0.4, -0.2) is 23.5 Å². The largest absolute Gasteiger partial charge is 0.458 e. The second kappa shape index (κ2) is 8.86. The molecule has 0 saturated heterocycles. The molecule has 1 N–H and O–H groups in total. The van der Waals surface area contributed by atoms with Crippen LogP contribution >= 0.6 is 0 Å². The third-order valence-electron chi connectivity index (χ3n) is 3.55. The maximum Gasteiger partial charge on any atom is 0.329 e. The normalized spacial score (nSPS) is 14.1. The summed E-state index contributed by atoms with van der Waals surface area (Å²) in [6.45, 7) is 11.4. The van der Waals surface area contributed by atoms with Crippen LogP contribution in [0, 0.1) is 11.8 Å². The van der Waals surface area contributed by atoms with Crippen LogP contribution in [0.25, 0.3) is 0 Å². The van der Waals surface area contributed by atoms with E-state index in [1.165, 1.54) is 0 Å². The molecule has 0 saturated carbocycles. The molecule has 4 nitrogen and oxygen atoms in total. The summed E-state index contributed by atoms with van der Waals surface area (Å²) < 4.78 is 5.45. The number of rotatable bonds is 7. The third kappa shape index (κ3) is 7.62. The first-order chi connectivity index (χ1) is 11.1. The van der Waals surface area contributed by atoms with E-state index in [4.69, 9.17) is 4.74 Å². The Hall–Kier alpha value is -1.84. The number of carbonyl (C=O) groups is 2. The lowest BCUT2D eigenvalue weighted by atomic mass is 9.98. The molecule has 134 valence electrons. The predicted molar refractivity (Wildman–Crippen MR) is 96.5 cm³/mol. The lowest BCUT2D eigenvalue weighted by Gasteiger charge is -2.26. The maximum atomic E-state index is 12.5. The topological polar surface area (TPSA) is 55.4 Å². The zero-order valence-electron chi connectivity index (χ0n) is 15.8. The second-order valence-electron chi connectivity index (χ2n) is 7.81. The van der Waals surface area contributed by atoms with Crippen LogP contribution in [0.4, 0.5) is 0 Å². The molecule has 2 atom stereocenters. The van der Waals surface area contributed by atoms with E-state index in [1.54, 1.807) is 0 Å². The standard InChI is InChI=1S/C20H31NO3/c1-14(2)12-17(19(23)24-20(4,5)6)21-18(22)15(3)13-16-10-8-7-9-11-16/h7-11,14-15,17H,12-13H2,1-6H3,(H,21,22)/t15?,17-/m0/s1. The highest BCUT2D eigenvalue weighted by molar-refractivity contribution is 5.85. The van der Waals surface area contributed by atoms with Gasteiger partial charge in [0.05, 0.1) is 0 Å². The molecule has 1 amide bonds. The molecule has 1 aromatic carbocycles. The van der Waals surface area contributed by atoms with Crippen molar-refractivity contribution in [3.63, 3.8) is 0 Å². The molecule has 0 aliphatic rings. The van der Waals surface area contributed by atoms with Gasteiger partial charge in [-0.3, -0.25) is 4.79 Å². The molecule has 0 aromatic heterocycles. The van der Waals surface area contributed by atoms with Gasteiger partial charge >= 0.3 is 5.97 Å². The van der Waals surface area contributed by atoms with Crippen molar-refractivity contribution >= 4 is 11.9 Å².